The van der Waals surface area contributed by atoms with E-state index in [1.165, 1.54) is 44.1 Å². The summed E-state index contributed by atoms with van der Waals surface area (Å²) in [5.41, 5.74) is 1.44. The third-order valence-corrected chi connectivity index (χ3v) is 3.76. The van der Waals surface area contributed by atoms with E-state index in [1.54, 1.807) is 9.75 Å². The Kier molecular flexibility index (Phi) is 5.85. The summed E-state index contributed by atoms with van der Waals surface area (Å²) in [6.07, 6.45) is 7.78. The van der Waals surface area contributed by atoms with Crippen LogP contribution in [0.4, 0.5) is 0 Å². The third kappa shape index (κ3) is 4.74. The molecule has 1 aromatic rings. The van der Waals surface area contributed by atoms with Crippen molar-refractivity contribution in [3.8, 4) is 0 Å². The van der Waals surface area contributed by atoms with Crippen LogP contribution in [0, 0.1) is 6.92 Å². The van der Waals surface area contributed by atoms with Crippen LogP contribution in [0.1, 0.15) is 54.8 Å². The van der Waals surface area contributed by atoms with E-state index in [9.17, 15) is 0 Å². The number of unbranched alkanes of at least 4 members (excludes halogenated alkanes) is 2. The SMILES string of the molecule is CCCCc1cc(C)cc(CCCC)[s+]1. The molecule has 0 unspecified atom stereocenters. The van der Waals surface area contributed by atoms with Gasteiger partial charge in [-0.05, 0) is 25.3 Å². The van der Waals surface area contributed by atoms with E-state index in [1.807, 2.05) is 11.3 Å². The predicted molar refractivity (Wildman–Crippen MR) is 70.7 cm³/mol. The van der Waals surface area contributed by atoms with Crippen LogP contribution < -0.4 is 0 Å². The number of aryl methyl sites for hydroxylation is 3. The Balaban J connectivity index is 2.66. The summed E-state index contributed by atoms with van der Waals surface area (Å²) < 4.78 is 0. The third-order valence-electron chi connectivity index (χ3n) is 2.59. The maximum absolute atomic E-state index is 2.36. The lowest BCUT2D eigenvalue weighted by atomic mass is 10.1. The highest BCUT2D eigenvalue weighted by molar-refractivity contribution is 7.11. The van der Waals surface area contributed by atoms with Crippen LogP contribution in [-0.2, 0) is 12.8 Å². The molecule has 0 fully saturated rings. The zero-order valence-electron chi connectivity index (χ0n) is 10.3. The summed E-state index contributed by atoms with van der Waals surface area (Å²) in [6.45, 7) is 6.74. The molecule has 84 valence electrons. The largest absolute Gasteiger partial charge is 0.218 e. The van der Waals surface area contributed by atoms with Crippen molar-refractivity contribution < 1.29 is 0 Å². The van der Waals surface area contributed by atoms with Crippen molar-refractivity contribution in [1.82, 2.24) is 0 Å². The molecule has 0 aliphatic heterocycles. The van der Waals surface area contributed by atoms with Gasteiger partial charge < -0.3 is 0 Å². The highest BCUT2D eigenvalue weighted by atomic mass is 32.1. The summed E-state index contributed by atoms with van der Waals surface area (Å²) in [4.78, 5) is 3.14. The summed E-state index contributed by atoms with van der Waals surface area (Å²) in [5.74, 6) is 0. The first kappa shape index (κ1) is 12.6. The topological polar surface area (TPSA) is 0 Å². The Morgan fingerprint density at radius 2 is 1.40 bits per heavy atom. The Labute approximate surface area is 98.4 Å². The fourth-order valence-electron chi connectivity index (χ4n) is 1.73. The van der Waals surface area contributed by atoms with Crippen molar-refractivity contribution in [2.24, 2.45) is 0 Å². The van der Waals surface area contributed by atoms with Gasteiger partial charge in [0, 0.05) is 25.0 Å². The Morgan fingerprint density at radius 1 is 0.933 bits per heavy atom. The predicted octanol–water partition coefficient (Wildman–Crippen LogP) is 5.02. The number of hydrogen-bond donors (Lipinski definition) is 0. The van der Waals surface area contributed by atoms with E-state index < -0.39 is 0 Å². The highest BCUT2D eigenvalue weighted by Crippen LogP contribution is 2.20. The number of rotatable bonds is 6. The van der Waals surface area contributed by atoms with Gasteiger partial charge in [-0.2, -0.15) is 0 Å². The summed E-state index contributed by atoms with van der Waals surface area (Å²) in [6, 6.07) is 4.71. The minimum Gasteiger partial charge on any atom is -0.0654 e. The van der Waals surface area contributed by atoms with Crippen LogP contribution in [0.15, 0.2) is 12.1 Å². The Hall–Kier alpha value is -0.430. The summed E-state index contributed by atoms with van der Waals surface area (Å²) >= 11 is 2.02. The van der Waals surface area contributed by atoms with Gasteiger partial charge in [0.25, 0.3) is 0 Å². The molecule has 0 nitrogen and oxygen atoms in total. The molecule has 0 aliphatic carbocycles. The molecule has 1 aromatic heterocycles. The van der Waals surface area contributed by atoms with Gasteiger partial charge in [0.1, 0.15) is 0 Å². The van der Waals surface area contributed by atoms with E-state index in [4.69, 9.17) is 0 Å². The van der Waals surface area contributed by atoms with Gasteiger partial charge in [0.2, 0.25) is 21.1 Å². The maximum Gasteiger partial charge on any atom is 0.218 e. The fraction of sp³-hybridized carbons (Fsp3) is 0.643. The normalized spacial score (nSPS) is 10.6. The van der Waals surface area contributed by atoms with Gasteiger partial charge in [0.05, 0.1) is 0 Å². The molecule has 0 bridgehead atoms. The Morgan fingerprint density at radius 3 is 1.80 bits per heavy atom. The van der Waals surface area contributed by atoms with Crippen molar-refractivity contribution in [2.75, 3.05) is 0 Å². The lowest BCUT2D eigenvalue weighted by molar-refractivity contribution is 0.796. The zero-order chi connectivity index (χ0) is 11.1. The van der Waals surface area contributed by atoms with Crippen molar-refractivity contribution in [3.05, 3.63) is 27.5 Å². The van der Waals surface area contributed by atoms with Crippen molar-refractivity contribution in [2.45, 2.75) is 59.3 Å². The molecule has 0 saturated heterocycles. The average Bonchev–Trinajstić information content (AvgIpc) is 2.23. The van der Waals surface area contributed by atoms with Crippen LogP contribution in [0.25, 0.3) is 0 Å². The molecular formula is C14H23S+. The lowest BCUT2D eigenvalue weighted by Crippen LogP contribution is -1.88. The molecule has 0 spiro atoms. The minimum atomic E-state index is 1.27. The highest BCUT2D eigenvalue weighted by Gasteiger charge is 2.12. The molecular weight excluding hydrogens is 200 g/mol. The van der Waals surface area contributed by atoms with Crippen molar-refractivity contribution in [1.29, 1.82) is 0 Å². The molecule has 0 aliphatic rings. The fourth-order valence-corrected chi connectivity index (χ4v) is 3.04. The average molecular weight is 223 g/mol. The van der Waals surface area contributed by atoms with Crippen LogP contribution in [0.2, 0.25) is 0 Å². The van der Waals surface area contributed by atoms with Crippen molar-refractivity contribution in [3.63, 3.8) is 0 Å². The first-order valence-electron chi connectivity index (χ1n) is 6.18. The number of hydrogen-bond acceptors (Lipinski definition) is 0. The molecule has 0 N–H and O–H groups in total. The Bertz CT molecular complexity index is 265. The second-order valence-electron chi connectivity index (χ2n) is 4.27. The van der Waals surface area contributed by atoms with Gasteiger partial charge >= 0.3 is 0 Å². The molecule has 1 heteroatoms. The summed E-state index contributed by atoms with van der Waals surface area (Å²) in [5, 5.41) is 0. The van der Waals surface area contributed by atoms with Gasteiger partial charge in [-0.15, -0.1) is 0 Å². The second kappa shape index (κ2) is 6.95. The van der Waals surface area contributed by atoms with E-state index in [-0.39, 0.29) is 0 Å². The molecule has 1 heterocycles. The molecule has 0 amide bonds. The molecule has 15 heavy (non-hydrogen) atoms. The van der Waals surface area contributed by atoms with Crippen molar-refractivity contribution >= 4 is 11.3 Å². The second-order valence-corrected chi connectivity index (χ2v) is 5.53. The first-order valence-corrected chi connectivity index (χ1v) is 7.00. The minimum absolute atomic E-state index is 1.27. The van der Waals surface area contributed by atoms with Crippen LogP contribution >= 0.6 is 11.3 Å². The van der Waals surface area contributed by atoms with E-state index in [0.717, 1.165) is 0 Å². The first-order chi connectivity index (χ1) is 7.26. The standard InChI is InChI=1S/C14H23S/c1-4-6-8-13-10-12(3)11-14(15-13)9-7-5-2/h10-11H,4-9H2,1-3H3/q+1. The zero-order valence-corrected chi connectivity index (χ0v) is 11.1. The maximum atomic E-state index is 2.36. The lowest BCUT2D eigenvalue weighted by Gasteiger charge is -1.95. The summed E-state index contributed by atoms with van der Waals surface area (Å²) in [7, 11) is 0. The van der Waals surface area contributed by atoms with Gasteiger partial charge in [-0.3, -0.25) is 0 Å². The van der Waals surface area contributed by atoms with Gasteiger partial charge in [-0.25, -0.2) is 0 Å². The van der Waals surface area contributed by atoms with Crippen LogP contribution in [0.5, 0.6) is 0 Å². The molecule has 0 saturated carbocycles. The molecule has 1 rings (SSSR count). The van der Waals surface area contributed by atoms with Gasteiger partial charge in [-0.1, -0.05) is 26.7 Å². The monoisotopic (exact) mass is 223 g/mol. The quantitative estimate of drug-likeness (QED) is 0.594. The molecule has 0 aromatic carbocycles. The van der Waals surface area contributed by atoms with Crippen LogP contribution in [0.3, 0.4) is 0 Å². The molecule has 0 atom stereocenters. The van der Waals surface area contributed by atoms with Crippen LogP contribution in [-0.4, -0.2) is 0 Å². The van der Waals surface area contributed by atoms with Gasteiger partial charge in [0.15, 0.2) is 0 Å². The molecule has 0 radical (unpaired) electrons. The van der Waals surface area contributed by atoms with E-state index >= 15 is 0 Å². The van der Waals surface area contributed by atoms with E-state index in [2.05, 4.69) is 32.9 Å². The smallest absolute Gasteiger partial charge is 0.0654 e. The van der Waals surface area contributed by atoms with E-state index in [0.29, 0.717) is 0 Å².